The molecule has 2 heterocycles. The first-order valence-electron chi connectivity index (χ1n) is 8.31. The molecule has 0 spiro atoms. The van der Waals surface area contributed by atoms with Gasteiger partial charge >= 0.3 is 0 Å². The van der Waals surface area contributed by atoms with Crippen molar-refractivity contribution in [1.29, 1.82) is 0 Å². The fraction of sp³-hybridized carbons (Fsp3) is 0.611. The number of Topliss-reactive ketones (excluding diaryl/α,β-unsaturated/α-hetero) is 1. The maximum Gasteiger partial charge on any atom is 0.260 e. The molecule has 4 nitrogen and oxygen atoms in total. The lowest BCUT2D eigenvalue weighted by atomic mass is 9.92. The minimum atomic E-state index is -0.375. The smallest absolute Gasteiger partial charge is 0.260 e. The Labute approximate surface area is 151 Å². The maximum atomic E-state index is 12.6. The van der Waals surface area contributed by atoms with E-state index in [1.807, 2.05) is 20.8 Å². The molecule has 0 saturated heterocycles. The summed E-state index contributed by atoms with van der Waals surface area (Å²) in [6.45, 7) is 12.1. The van der Waals surface area contributed by atoms with Crippen molar-refractivity contribution in [2.75, 3.05) is 5.75 Å². The Morgan fingerprint density at radius 2 is 2.04 bits per heavy atom. The van der Waals surface area contributed by atoms with Crippen LogP contribution >= 0.6 is 23.1 Å². The van der Waals surface area contributed by atoms with E-state index in [2.05, 4.69) is 30.7 Å². The van der Waals surface area contributed by atoms with Gasteiger partial charge in [0.15, 0.2) is 5.16 Å². The Kier molecular flexibility index (Phi) is 5.91. The second kappa shape index (κ2) is 7.40. The molecule has 0 aliphatic carbocycles. The van der Waals surface area contributed by atoms with Gasteiger partial charge in [-0.15, -0.1) is 11.3 Å². The summed E-state index contributed by atoms with van der Waals surface area (Å²) in [6.07, 6.45) is 1.99. The fourth-order valence-corrected chi connectivity index (χ4v) is 4.45. The molecule has 0 amide bonds. The van der Waals surface area contributed by atoms with Gasteiger partial charge in [-0.25, -0.2) is 4.98 Å². The van der Waals surface area contributed by atoms with Crippen LogP contribution in [-0.2, 0) is 11.2 Å². The number of carbonyl (C=O) groups is 1. The molecule has 132 valence electrons. The molecule has 0 bridgehead atoms. The molecule has 1 atom stereocenters. The summed E-state index contributed by atoms with van der Waals surface area (Å²) in [5.41, 5.74) is 0.661. The summed E-state index contributed by atoms with van der Waals surface area (Å²) in [4.78, 5) is 34.0. The number of hydrogen-bond acceptors (Lipinski definition) is 5. The number of aryl methyl sites for hydroxylation is 1. The number of ketones is 1. The fourth-order valence-electron chi connectivity index (χ4n) is 2.31. The zero-order valence-corrected chi connectivity index (χ0v) is 16.9. The quantitative estimate of drug-likeness (QED) is 0.600. The van der Waals surface area contributed by atoms with Crippen molar-refractivity contribution < 1.29 is 4.79 Å². The van der Waals surface area contributed by atoms with Crippen LogP contribution in [0.3, 0.4) is 0 Å². The molecule has 0 unspecified atom stereocenters. The van der Waals surface area contributed by atoms with Gasteiger partial charge in [0.1, 0.15) is 10.6 Å². The molecule has 24 heavy (non-hydrogen) atoms. The maximum absolute atomic E-state index is 12.6. The van der Waals surface area contributed by atoms with Gasteiger partial charge in [0.2, 0.25) is 0 Å². The van der Waals surface area contributed by atoms with Crippen LogP contribution in [0.4, 0.5) is 0 Å². The van der Waals surface area contributed by atoms with Gasteiger partial charge in [-0.3, -0.25) is 9.59 Å². The van der Waals surface area contributed by atoms with Crippen molar-refractivity contribution >= 4 is 39.1 Å². The SMILES string of the molecule is CC[C@H](C)Cc1c(C)sc2nc(SCC(=O)C(C)(C)C)[nH]c(=O)c12. The van der Waals surface area contributed by atoms with E-state index in [-0.39, 0.29) is 16.8 Å². The van der Waals surface area contributed by atoms with Gasteiger partial charge in [-0.1, -0.05) is 52.8 Å². The first-order valence-corrected chi connectivity index (χ1v) is 10.1. The van der Waals surface area contributed by atoms with Crippen LogP contribution in [0, 0.1) is 18.3 Å². The summed E-state index contributed by atoms with van der Waals surface area (Å²) in [6, 6.07) is 0. The number of thioether (sulfide) groups is 1. The number of carbonyl (C=O) groups excluding carboxylic acids is 1. The van der Waals surface area contributed by atoms with E-state index in [1.165, 1.54) is 11.8 Å². The van der Waals surface area contributed by atoms with Crippen LogP contribution in [0.25, 0.3) is 10.2 Å². The molecule has 0 aromatic carbocycles. The first-order chi connectivity index (χ1) is 11.1. The number of rotatable bonds is 6. The van der Waals surface area contributed by atoms with Crippen molar-refractivity contribution in [2.45, 2.75) is 59.5 Å². The Morgan fingerprint density at radius 1 is 1.38 bits per heavy atom. The number of hydrogen-bond donors (Lipinski definition) is 1. The highest BCUT2D eigenvalue weighted by Gasteiger charge is 2.22. The number of nitrogens with one attached hydrogen (secondary N) is 1. The predicted octanol–water partition coefficient (Wildman–Crippen LogP) is 4.59. The third-order valence-corrected chi connectivity index (χ3v) is 6.18. The summed E-state index contributed by atoms with van der Waals surface area (Å²) in [5.74, 6) is 1.01. The third-order valence-electron chi connectivity index (χ3n) is 4.27. The Hall–Kier alpha value is -1.14. The molecule has 2 aromatic heterocycles. The van der Waals surface area contributed by atoms with Crippen LogP contribution in [0.2, 0.25) is 0 Å². The molecule has 0 aliphatic rings. The average molecular weight is 367 g/mol. The first kappa shape index (κ1) is 19.2. The Morgan fingerprint density at radius 3 is 2.62 bits per heavy atom. The van der Waals surface area contributed by atoms with Gasteiger partial charge < -0.3 is 4.98 Å². The van der Waals surface area contributed by atoms with Gasteiger partial charge in [-0.2, -0.15) is 0 Å². The molecule has 2 aromatic rings. The van der Waals surface area contributed by atoms with Gasteiger partial charge in [0.05, 0.1) is 11.1 Å². The van der Waals surface area contributed by atoms with Gasteiger partial charge in [0, 0.05) is 10.3 Å². The summed E-state index contributed by atoms with van der Waals surface area (Å²) >= 11 is 2.88. The molecule has 0 fully saturated rings. The third kappa shape index (κ3) is 4.28. The summed E-state index contributed by atoms with van der Waals surface area (Å²) in [7, 11) is 0. The van der Waals surface area contributed by atoms with Crippen LogP contribution in [0.1, 0.15) is 51.5 Å². The van der Waals surface area contributed by atoms with Crippen molar-refractivity contribution in [2.24, 2.45) is 11.3 Å². The molecule has 0 radical (unpaired) electrons. The highest BCUT2D eigenvalue weighted by Crippen LogP contribution is 2.31. The zero-order valence-electron chi connectivity index (χ0n) is 15.3. The standard InChI is InChI=1S/C18H26N2O2S2/c1-7-10(2)8-12-11(3)24-16-14(12)15(22)19-17(20-16)23-9-13(21)18(4,5)6/h10H,7-9H2,1-6H3,(H,19,20,22)/t10-/m0/s1. The minimum Gasteiger partial charge on any atom is -0.301 e. The minimum absolute atomic E-state index is 0.0895. The highest BCUT2D eigenvalue weighted by molar-refractivity contribution is 7.99. The van der Waals surface area contributed by atoms with Crippen LogP contribution < -0.4 is 5.56 Å². The molecule has 0 aliphatic heterocycles. The molecule has 6 heteroatoms. The molecule has 0 saturated carbocycles. The van der Waals surface area contributed by atoms with Gasteiger partial charge in [-0.05, 0) is 24.8 Å². The van der Waals surface area contributed by atoms with Crippen LogP contribution in [0.5, 0.6) is 0 Å². The number of aromatic nitrogens is 2. The molecular formula is C18H26N2O2S2. The van der Waals surface area contributed by atoms with Crippen molar-refractivity contribution in [1.82, 2.24) is 9.97 Å². The van der Waals surface area contributed by atoms with Crippen molar-refractivity contribution in [3.63, 3.8) is 0 Å². The van der Waals surface area contributed by atoms with E-state index in [4.69, 9.17) is 0 Å². The lowest BCUT2D eigenvalue weighted by Crippen LogP contribution is -2.22. The summed E-state index contributed by atoms with van der Waals surface area (Å²) in [5, 5.41) is 1.26. The van der Waals surface area contributed by atoms with Crippen LogP contribution in [0.15, 0.2) is 9.95 Å². The normalized spacial score (nSPS) is 13.4. The predicted molar refractivity (Wildman–Crippen MR) is 103 cm³/mol. The average Bonchev–Trinajstić information content (AvgIpc) is 2.79. The lowest BCUT2D eigenvalue weighted by Gasteiger charge is -2.15. The van der Waals surface area contributed by atoms with E-state index in [0.29, 0.717) is 16.8 Å². The van der Waals surface area contributed by atoms with Crippen molar-refractivity contribution in [3.05, 3.63) is 20.8 Å². The lowest BCUT2D eigenvalue weighted by molar-refractivity contribution is -0.123. The van der Waals surface area contributed by atoms with E-state index < -0.39 is 0 Å². The largest absolute Gasteiger partial charge is 0.301 e. The molecular weight excluding hydrogens is 340 g/mol. The highest BCUT2D eigenvalue weighted by atomic mass is 32.2. The van der Waals surface area contributed by atoms with Crippen LogP contribution in [-0.4, -0.2) is 21.5 Å². The van der Waals surface area contributed by atoms with E-state index in [0.717, 1.165) is 33.5 Å². The Balaban J connectivity index is 2.31. The summed E-state index contributed by atoms with van der Waals surface area (Å²) < 4.78 is 0. The van der Waals surface area contributed by atoms with E-state index in [1.54, 1.807) is 11.3 Å². The number of H-pyrrole nitrogens is 1. The monoisotopic (exact) mass is 366 g/mol. The second-order valence-electron chi connectivity index (χ2n) is 7.37. The van der Waals surface area contributed by atoms with E-state index in [9.17, 15) is 9.59 Å². The van der Waals surface area contributed by atoms with Gasteiger partial charge in [0.25, 0.3) is 5.56 Å². The number of fused-ring (bicyclic) bond motifs is 1. The van der Waals surface area contributed by atoms with E-state index >= 15 is 0 Å². The second-order valence-corrected chi connectivity index (χ2v) is 9.53. The Bertz CT molecular complexity index is 800. The molecule has 2 rings (SSSR count). The number of aromatic amines is 1. The number of nitrogens with zero attached hydrogens (tertiary/aromatic N) is 1. The zero-order chi connectivity index (χ0) is 18.1. The van der Waals surface area contributed by atoms with Crippen molar-refractivity contribution in [3.8, 4) is 0 Å². The molecule has 1 N–H and O–H groups in total. The number of thiophene rings is 1. The topological polar surface area (TPSA) is 62.8 Å².